The molecule has 1 aliphatic rings. The second-order valence-electron chi connectivity index (χ2n) is 6.70. The molecular weight excluding hydrogens is 306 g/mol. The predicted octanol–water partition coefficient (Wildman–Crippen LogP) is 1.74. The van der Waals surface area contributed by atoms with Gasteiger partial charge in [-0.1, -0.05) is 19.0 Å². The monoisotopic (exact) mass is 337 g/mol. The molecule has 0 aromatic carbocycles. The second-order valence-corrected chi connectivity index (χ2v) is 6.70. The molecule has 0 radical (unpaired) electrons. The lowest BCUT2D eigenvalue weighted by Crippen LogP contribution is -2.50. The molecule has 0 saturated carbocycles. The van der Waals surface area contributed by atoms with Crippen molar-refractivity contribution in [3.8, 4) is 0 Å². The Morgan fingerprint density at radius 2 is 1.79 bits per heavy atom. The van der Waals surface area contributed by atoms with E-state index in [1.165, 1.54) is 0 Å². The fraction of sp³-hybridized carbons (Fsp3) is 0.824. The minimum atomic E-state index is 0.116. The van der Waals surface area contributed by atoms with E-state index in [9.17, 15) is 4.79 Å². The molecule has 0 bridgehead atoms. The normalized spacial score (nSPS) is 18.1. The molecule has 1 aromatic rings. The van der Waals surface area contributed by atoms with E-state index in [1.54, 1.807) is 0 Å². The Morgan fingerprint density at radius 3 is 2.29 bits per heavy atom. The number of rotatable bonds is 7. The Morgan fingerprint density at radius 1 is 1.17 bits per heavy atom. The maximum Gasteiger partial charge on any atom is 0.243 e. The Kier molecular flexibility index (Phi) is 6.74. The van der Waals surface area contributed by atoms with E-state index in [-0.39, 0.29) is 17.9 Å². The summed E-state index contributed by atoms with van der Waals surface area (Å²) in [6.45, 7) is 16.0. The van der Waals surface area contributed by atoms with E-state index in [0.29, 0.717) is 12.4 Å². The van der Waals surface area contributed by atoms with Gasteiger partial charge in [0.1, 0.15) is 0 Å². The number of nitrogens with zero attached hydrogens (tertiary/aromatic N) is 5. The van der Waals surface area contributed by atoms with E-state index >= 15 is 0 Å². The summed E-state index contributed by atoms with van der Waals surface area (Å²) < 4.78 is 5.42. The molecule has 1 fully saturated rings. The molecule has 7 heteroatoms. The highest BCUT2D eigenvalue weighted by atomic mass is 16.5. The van der Waals surface area contributed by atoms with Gasteiger partial charge >= 0.3 is 0 Å². The number of carbonyl (C=O) groups is 1. The SMILES string of the molecule is CCN(CC)C(=O)CN1CCN(C(C)c2nc(C(C)C)no2)CC1. The van der Waals surface area contributed by atoms with Gasteiger partial charge in [0, 0.05) is 45.2 Å². The molecule has 0 aliphatic carbocycles. The van der Waals surface area contributed by atoms with E-state index < -0.39 is 0 Å². The van der Waals surface area contributed by atoms with Crippen LogP contribution in [0.1, 0.15) is 58.3 Å². The molecule has 1 aliphatic heterocycles. The lowest BCUT2D eigenvalue weighted by Gasteiger charge is -2.37. The number of piperazine rings is 1. The summed E-state index contributed by atoms with van der Waals surface area (Å²) >= 11 is 0. The number of hydrogen-bond donors (Lipinski definition) is 0. The molecule has 1 aromatic heterocycles. The van der Waals surface area contributed by atoms with Gasteiger partial charge in [0.2, 0.25) is 11.8 Å². The Balaban J connectivity index is 1.84. The number of amides is 1. The highest BCUT2D eigenvalue weighted by molar-refractivity contribution is 5.78. The standard InChI is InChI=1S/C17H31N5O2/c1-6-21(7-2)15(23)12-20-8-10-22(11-9-20)14(5)17-18-16(13(3)4)19-24-17/h13-14H,6-12H2,1-5H3. The van der Waals surface area contributed by atoms with Crippen LogP contribution in [0.3, 0.4) is 0 Å². The largest absolute Gasteiger partial charge is 0.342 e. The van der Waals surface area contributed by atoms with Crippen molar-refractivity contribution in [2.24, 2.45) is 0 Å². The summed E-state index contributed by atoms with van der Waals surface area (Å²) in [6, 6.07) is 0.116. The zero-order chi connectivity index (χ0) is 17.7. The van der Waals surface area contributed by atoms with Crippen molar-refractivity contribution in [3.05, 3.63) is 11.7 Å². The van der Waals surface area contributed by atoms with Gasteiger partial charge < -0.3 is 9.42 Å². The Labute approximate surface area is 145 Å². The highest BCUT2D eigenvalue weighted by Gasteiger charge is 2.27. The topological polar surface area (TPSA) is 65.7 Å². The van der Waals surface area contributed by atoms with Crippen LogP contribution in [-0.4, -0.2) is 76.6 Å². The van der Waals surface area contributed by atoms with Crippen molar-refractivity contribution in [1.29, 1.82) is 0 Å². The smallest absolute Gasteiger partial charge is 0.243 e. The van der Waals surface area contributed by atoms with Crippen molar-refractivity contribution in [2.45, 2.75) is 46.6 Å². The van der Waals surface area contributed by atoms with Crippen LogP contribution in [0.5, 0.6) is 0 Å². The van der Waals surface area contributed by atoms with Crippen LogP contribution in [0.25, 0.3) is 0 Å². The molecule has 1 atom stereocenters. The van der Waals surface area contributed by atoms with E-state index in [1.807, 2.05) is 18.7 Å². The summed E-state index contributed by atoms with van der Waals surface area (Å²) in [5.74, 6) is 1.95. The first kappa shape index (κ1) is 18.9. The molecule has 1 unspecified atom stereocenters. The zero-order valence-electron chi connectivity index (χ0n) is 15.7. The molecule has 2 rings (SSSR count). The van der Waals surface area contributed by atoms with Crippen molar-refractivity contribution in [3.63, 3.8) is 0 Å². The van der Waals surface area contributed by atoms with E-state index in [0.717, 1.165) is 45.1 Å². The second kappa shape index (κ2) is 8.58. The first-order chi connectivity index (χ1) is 11.5. The van der Waals surface area contributed by atoms with Gasteiger partial charge in [0.05, 0.1) is 12.6 Å². The molecule has 1 amide bonds. The molecule has 136 valence electrons. The van der Waals surface area contributed by atoms with E-state index in [4.69, 9.17) is 4.52 Å². The summed E-state index contributed by atoms with van der Waals surface area (Å²) in [4.78, 5) is 23.2. The van der Waals surface area contributed by atoms with Gasteiger partial charge in [0.15, 0.2) is 5.82 Å². The average Bonchev–Trinajstić information content (AvgIpc) is 3.06. The lowest BCUT2D eigenvalue weighted by atomic mass is 10.2. The third-order valence-electron chi connectivity index (χ3n) is 4.76. The van der Waals surface area contributed by atoms with Gasteiger partial charge in [-0.15, -0.1) is 0 Å². The first-order valence-electron chi connectivity index (χ1n) is 9.03. The molecule has 7 nitrogen and oxygen atoms in total. The average molecular weight is 337 g/mol. The highest BCUT2D eigenvalue weighted by Crippen LogP contribution is 2.21. The summed E-state index contributed by atoms with van der Waals surface area (Å²) in [5, 5.41) is 4.05. The maximum atomic E-state index is 12.2. The molecule has 0 spiro atoms. The van der Waals surface area contributed by atoms with Gasteiger partial charge in [-0.05, 0) is 20.8 Å². The van der Waals surface area contributed by atoms with Gasteiger partial charge in [-0.25, -0.2) is 0 Å². The summed E-state index contributed by atoms with van der Waals surface area (Å²) in [7, 11) is 0. The Bertz CT molecular complexity index is 519. The fourth-order valence-corrected chi connectivity index (χ4v) is 2.98. The van der Waals surface area contributed by atoms with Crippen molar-refractivity contribution in [2.75, 3.05) is 45.8 Å². The van der Waals surface area contributed by atoms with Crippen LogP contribution in [-0.2, 0) is 4.79 Å². The maximum absolute atomic E-state index is 12.2. The van der Waals surface area contributed by atoms with Crippen LogP contribution in [0.15, 0.2) is 4.52 Å². The molecule has 1 saturated heterocycles. The third kappa shape index (κ3) is 4.54. The quantitative estimate of drug-likeness (QED) is 0.755. The number of hydrogen-bond acceptors (Lipinski definition) is 6. The van der Waals surface area contributed by atoms with Crippen LogP contribution in [0.4, 0.5) is 0 Å². The summed E-state index contributed by atoms with van der Waals surface area (Å²) in [5.41, 5.74) is 0. The fourth-order valence-electron chi connectivity index (χ4n) is 2.98. The minimum absolute atomic E-state index is 0.116. The number of likely N-dealkylation sites (N-methyl/N-ethyl adjacent to an activating group) is 1. The summed E-state index contributed by atoms with van der Waals surface area (Å²) in [6.07, 6.45) is 0. The lowest BCUT2D eigenvalue weighted by molar-refractivity contribution is -0.132. The van der Waals surface area contributed by atoms with Crippen LogP contribution in [0.2, 0.25) is 0 Å². The number of aromatic nitrogens is 2. The Hall–Kier alpha value is -1.47. The van der Waals surface area contributed by atoms with Crippen molar-refractivity contribution < 1.29 is 9.32 Å². The molecule has 0 N–H and O–H groups in total. The van der Waals surface area contributed by atoms with Crippen LogP contribution >= 0.6 is 0 Å². The van der Waals surface area contributed by atoms with Gasteiger partial charge in [-0.3, -0.25) is 14.6 Å². The van der Waals surface area contributed by atoms with Gasteiger partial charge in [-0.2, -0.15) is 4.98 Å². The van der Waals surface area contributed by atoms with Crippen molar-refractivity contribution >= 4 is 5.91 Å². The predicted molar refractivity (Wildman–Crippen MR) is 92.7 cm³/mol. The zero-order valence-corrected chi connectivity index (χ0v) is 15.7. The third-order valence-corrected chi connectivity index (χ3v) is 4.76. The number of carbonyl (C=O) groups excluding carboxylic acids is 1. The van der Waals surface area contributed by atoms with Crippen LogP contribution < -0.4 is 0 Å². The molecular formula is C17H31N5O2. The first-order valence-corrected chi connectivity index (χ1v) is 9.03. The van der Waals surface area contributed by atoms with Crippen molar-refractivity contribution in [1.82, 2.24) is 24.8 Å². The molecule has 24 heavy (non-hydrogen) atoms. The van der Waals surface area contributed by atoms with Gasteiger partial charge in [0.25, 0.3) is 0 Å². The minimum Gasteiger partial charge on any atom is -0.342 e. The molecule has 2 heterocycles. The van der Waals surface area contributed by atoms with E-state index in [2.05, 4.69) is 40.7 Å². The van der Waals surface area contributed by atoms with Crippen LogP contribution in [0, 0.1) is 0 Å².